The third kappa shape index (κ3) is 2.58. The van der Waals surface area contributed by atoms with Crippen molar-refractivity contribution in [2.24, 2.45) is 11.8 Å². The van der Waals surface area contributed by atoms with E-state index in [4.69, 9.17) is 0 Å². The summed E-state index contributed by atoms with van der Waals surface area (Å²) < 4.78 is 0. The molecule has 1 N–H and O–H groups in total. The summed E-state index contributed by atoms with van der Waals surface area (Å²) >= 11 is 0. The highest BCUT2D eigenvalue weighted by atomic mass is 16.1. The van der Waals surface area contributed by atoms with Gasteiger partial charge in [-0.15, -0.1) is 0 Å². The maximum Gasteiger partial charge on any atom is 0.133 e. The highest BCUT2D eigenvalue weighted by Gasteiger charge is 2.34. The number of ketones is 1. The Morgan fingerprint density at radius 1 is 1.35 bits per heavy atom. The van der Waals surface area contributed by atoms with Crippen molar-refractivity contribution >= 4 is 5.78 Å². The molecule has 0 spiro atoms. The van der Waals surface area contributed by atoms with Gasteiger partial charge >= 0.3 is 0 Å². The summed E-state index contributed by atoms with van der Waals surface area (Å²) in [6, 6.07) is 10.8. The average Bonchev–Trinajstić information content (AvgIpc) is 2.38. The molecule has 2 heteroatoms. The number of hydrogen-bond acceptors (Lipinski definition) is 2. The Morgan fingerprint density at radius 2 is 2.06 bits per heavy atom. The fourth-order valence-corrected chi connectivity index (χ4v) is 3.04. The van der Waals surface area contributed by atoms with E-state index < -0.39 is 0 Å². The highest BCUT2D eigenvalue weighted by Crippen LogP contribution is 2.36. The molecule has 1 aliphatic rings. The van der Waals surface area contributed by atoms with Gasteiger partial charge in [0.2, 0.25) is 0 Å². The Labute approximate surface area is 103 Å². The van der Waals surface area contributed by atoms with Crippen LogP contribution in [0.5, 0.6) is 0 Å². The molecular weight excluding hydrogens is 210 g/mol. The van der Waals surface area contributed by atoms with E-state index in [2.05, 4.69) is 36.5 Å². The second-order valence-electron chi connectivity index (χ2n) is 4.92. The minimum Gasteiger partial charge on any atom is -0.310 e. The Hall–Kier alpha value is -1.15. The lowest BCUT2D eigenvalue weighted by atomic mass is 9.75. The van der Waals surface area contributed by atoms with E-state index in [9.17, 15) is 4.79 Å². The summed E-state index contributed by atoms with van der Waals surface area (Å²) in [6.07, 6.45) is 2.04. The van der Waals surface area contributed by atoms with Crippen LogP contribution in [0.2, 0.25) is 0 Å². The molecule has 0 unspecified atom stereocenters. The van der Waals surface area contributed by atoms with Crippen molar-refractivity contribution in [2.45, 2.75) is 32.7 Å². The zero-order valence-corrected chi connectivity index (χ0v) is 10.6. The van der Waals surface area contributed by atoms with Crippen molar-refractivity contribution in [2.75, 3.05) is 6.54 Å². The SMILES string of the molecule is CC[C@@H]1[C@@H](c2ccccc2)NCC[C@H]1C(C)=O. The van der Waals surface area contributed by atoms with E-state index >= 15 is 0 Å². The molecule has 0 radical (unpaired) electrons. The molecule has 92 valence electrons. The first-order chi connectivity index (χ1) is 8.24. The summed E-state index contributed by atoms with van der Waals surface area (Å²) in [5, 5.41) is 3.57. The van der Waals surface area contributed by atoms with E-state index in [1.807, 2.05) is 6.07 Å². The van der Waals surface area contributed by atoms with Crippen LogP contribution in [0, 0.1) is 11.8 Å². The van der Waals surface area contributed by atoms with Gasteiger partial charge in [0.25, 0.3) is 0 Å². The minimum atomic E-state index is 0.228. The van der Waals surface area contributed by atoms with Crippen molar-refractivity contribution in [3.05, 3.63) is 35.9 Å². The molecule has 3 atom stereocenters. The summed E-state index contributed by atoms with van der Waals surface area (Å²) in [7, 11) is 0. The average molecular weight is 231 g/mol. The van der Waals surface area contributed by atoms with Crippen molar-refractivity contribution in [1.29, 1.82) is 0 Å². The topological polar surface area (TPSA) is 29.1 Å². The van der Waals surface area contributed by atoms with Gasteiger partial charge in [0.15, 0.2) is 0 Å². The Kier molecular flexibility index (Phi) is 3.95. The smallest absolute Gasteiger partial charge is 0.133 e. The van der Waals surface area contributed by atoms with Gasteiger partial charge in [-0.2, -0.15) is 0 Å². The van der Waals surface area contributed by atoms with Gasteiger partial charge in [0.1, 0.15) is 5.78 Å². The lowest BCUT2D eigenvalue weighted by molar-refractivity contribution is -0.123. The zero-order valence-electron chi connectivity index (χ0n) is 10.6. The van der Waals surface area contributed by atoms with Crippen LogP contribution in [0.25, 0.3) is 0 Å². The predicted molar refractivity (Wildman–Crippen MR) is 69.8 cm³/mol. The van der Waals surface area contributed by atoms with Crippen LogP contribution in [0.4, 0.5) is 0 Å². The molecule has 0 bridgehead atoms. The molecule has 1 aromatic carbocycles. The number of benzene rings is 1. The van der Waals surface area contributed by atoms with Gasteiger partial charge in [0, 0.05) is 12.0 Å². The fourth-order valence-electron chi connectivity index (χ4n) is 3.04. The second kappa shape index (κ2) is 5.46. The van der Waals surface area contributed by atoms with Crippen LogP contribution in [-0.2, 0) is 4.79 Å². The van der Waals surface area contributed by atoms with Crippen molar-refractivity contribution in [3.63, 3.8) is 0 Å². The number of Topliss-reactive ketones (excluding diaryl/α,β-unsaturated/α-hetero) is 1. The van der Waals surface area contributed by atoms with Gasteiger partial charge in [-0.05, 0) is 31.4 Å². The number of carbonyl (C=O) groups is 1. The van der Waals surface area contributed by atoms with E-state index in [1.165, 1.54) is 5.56 Å². The first kappa shape index (κ1) is 12.3. The quantitative estimate of drug-likeness (QED) is 0.866. The Bertz CT molecular complexity index is 374. The summed E-state index contributed by atoms with van der Waals surface area (Å²) in [4.78, 5) is 11.7. The van der Waals surface area contributed by atoms with Crippen LogP contribution in [0.15, 0.2) is 30.3 Å². The minimum absolute atomic E-state index is 0.228. The largest absolute Gasteiger partial charge is 0.310 e. The van der Waals surface area contributed by atoms with Crippen LogP contribution in [0.3, 0.4) is 0 Å². The molecule has 2 nitrogen and oxygen atoms in total. The van der Waals surface area contributed by atoms with E-state index in [0.717, 1.165) is 19.4 Å². The van der Waals surface area contributed by atoms with Crippen LogP contribution >= 0.6 is 0 Å². The second-order valence-corrected chi connectivity index (χ2v) is 4.92. The van der Waals surface area contributed by atoms with Crippen molar-refractivity contribution < 1.29 is 4.79 Å². The van der Waals surface area contributed by atoms with Gasteiger partial charge in [-0.3, -0.25) is 4.79 Å². The molecule has 1 aliphatic heterocycles. The summed E-state index contributed by atoms with van der Waals surface area (Å²) in [5.41, 5.74) is 1.31. The van der Waals surface area contributed by atoms with Gasteiger partial charge < -0.3 is 5.32 Å². The van der Waals surface area contributed by atoms with Crippen molar-refractivity contribution in [3.8, 4) is 0 Å². The van der Waals surface area contributed by atoms with E-state index in [1.54, 1.807) is 6.92 Å². The first-order valence-corrected chi connectivity index (χ1v) is 6.52. The normalized spacial score (nSPS) is 28.9. The molecule has 2 rings (SSSR count). The molecule has 1 heterocycles. The zero-order chi connectivity index (χ0) is 12.3. The lowest BCUT2D eigenvalue weighted by Crippen LogP contribution is -2.42. The number of hydrogen-bond donors (Lipinski definition) is 1. The summed E-state index contributed by atoms with van der Waals surface area (Å²) in [5.74, 6) is 1.01. The molecule has 1 aromatic rings. The van der Waals surface area contributed by atoms with Crippen LogP contribution in [-0.4, -0.2) is 12.3 Å². The summed E-state index contributed by atoms with van der Waals surface area (Å²) in [6.45, 7) is 4.87. The molecule has 0 saturated carbocycles. The maximum atomic E-state index is 11.7. The Morgan fingerprint density at radius 3 is 2.65 bits per heavy atom. The molecule has 1 fully saturated rings. The molecule has 0 aromatic heterocycles. The van der Waals surface area contributed by atoms with Crippen LogP contribution < -0.4 is 5.32 Å². The highest BCUT2D eigenvalue weighted by molar-refractivity contribution is 5.78. The van der Waals surface area contributed by atoms with Gasteiger partial charge in [-0.1, -0.05) is 43.7 Å². The van der Waals surface area contributed by atoms with Crippen LogP contribution in [0.1, 0.15) is 38.3 Å². The monoisotopic (exact) mass is 231 g/mol. The standard InChI is InChI=1S/C15H21NO/c1-3-13-14(11(2)17)9-10-16-15(13)12-7-5-4-6-8-12/h4-8,13-16H,3,9-10H2,1-2H3/t13-,14-,15+/m0/s1. The molecule has 17 heavy (non-hydrogen) atoms. The predicted octanol–water partition coefficient (Wildman–Crippen LogP) is 2.95. The van der Waals surface area contributed by atoms with Gasteiger partial charge in [-0.25, -0.2) is 0 Å². The maximum absolute atomic E-state index is 11.7. The first-order valence-electron chi connectivity index (χ1n) is 6.52. The molecule has 0 amide bonds. The lowest BCUT2D eigenvalue weighted by Gasteiger charge is -2.37. The van der Waals surface area contributed by atoms with Crippen molar-refractivity contribution in [1.82, 2.24) is 5.32 Å². The third-order valence-electron chi connectivity index (χ3n) is 3.92. The molecule has 0 aliphatic carbocycles. The third-order valence-corrected chi connectivity index (χ3v) is 3.92. The van der Waals surface area contributed by atoms with E-state index in [0.29, 0.717) is 17.7 Å². The number of carbonyl (C=O) groups excluding carboxylic acids is 1. The number of rotatable bonds is 3. The van der Waals surface area contributed by atoms with E-state index in [-0.39, 0.29) is 5.92 Å². The Balaban J connectivity index is 2.24. The number of piperidine rings is 1. The molecular formula is C15H21NO. The fraction of sp³-hybridized carbons (Fsp3) is 0.533. The molecule has 1 saturated heterocycles. The van der Waals surface area contributed by atoms with Gasteiger partial charge in [0.05, 0.1) is 0 Å². The number of nitrogens with one attached hydrogen (secondary N) is 1.